The van der Waals surface area contributed by atoms with Crippen molar-refractivity contribution in [2.24, 2.45) is 0 Å². The van der Waals surface area contributed by atoms with Gasteiger partial charge in [0, 0.05) is 12.6 Å². The number of aryl methyl sites for hydroxylation is 1. The fourth-order valence-electron chi connectivity index (χ4n) is 2.11. The van der Waals surface area contributed by atoms with Crippen LogP contribution < -0.4 is 5.32 Å². The lowest BCUT2D eigenvalue weighted by Crippen LogP contribution is -2.21. The largest absolute Gasteiger partial charge is 0.305 e. The fourth-order valence-corrected chi connectivity index (χ4v) is 2.11. The van der Waals surface area contributed by atoms with Crippen LogP contribution in [0.15, 0.2) is 42.6 Å². The Morgan fingerprint density at radius 1 is 1.26 bits per heavy atom. The van der Waals surface area contributed by atoms with Crippen molar-refractivity contribution in [3.8, 4) is 0 Å². The minimum Gasteiger partial charge on any atom is -0.305 e. The number of rotatable bonds is 5. The molecule has 0 bridgehead atoms. The van der Waals surface area contributed by atoms with Crippen molar-refractivity contribution in [2.45, 2.75) is 32.9 Å². The summed E-state index contributed by atoms with van der Waals surface area (Å²) in [6, 6.07) is 11.8. The van der Waals surface area contributed by atoms with Crippen LogP contribution in [0.25, 0.3) is 0 Å². The van der Waals surface area contributed by atoms with Crippen LogP contribution in [0.2, 0.25) is 0 Å². The van der Waals surface area contributed by atoms with Gasteiger partial charge in [-0.25, -0.2) is 4.39 Å². The number of nitrogens with one attached hydrogen (secondary N) is 1. The molecule has 1 heterocycles. The van der Waals surface area contributed by atoms with Gasteiger partial charge in [-0.05, 0) is 31.0 Å². The molecular formula is C16H19FN2. The minimum absolute atomic E-state index is 0.154. The highest BCUT2D eigenvalue weighted by Crippen LogP contribution is 2.15. The molecule has 2 rings (SSSR count). The van der Waals surface area contributed by atoms with E-state index in [-0.39, 0.29) is 11.9 Å². The number of benzene rings is 1. The van der Waals surface area contributed by atoms with E-state index < -0.39 is 0 Å². The molecule has 0 aliphatic carbocycles. The molecule has 1 N–H and O–H groups in total. The lowest BCUT2D eigenvalue weighted by atomic mass is 10.1. The van der Waals surface area contributed by atoms with E-state index >= 15 is 0 Å². The van der Waals surface area contributed by atoms with Crippen molar-refractivity contribution in [1.82, 2.24) is 10.3 Å². The third kappa shape index (κ3) is 3.86. The van der Waals surface area contributed by atoms with E-state index in [1.54, 1.807) is 6.07 Å². The maximum Gasteiger partial charge on any atom is 0.141 e. The smallest absolute Gasteiger partial charge is 0.141 e. The third-order valence-corrected chi connectivity index (χ3v) is 3.15. The van der Waals surface area contributed by atoms with Crippen molar-refractivity contribution in [1.29, 1.82) is 0 Å². The number of nitrogens with zero attached hydrogens (tertiary/aromatic N) is 1. The molecule has 0 radical (unpaired) electrons. The summed E-state index contributed by atoms with van der Waals surface area (Å²) in [7, 11) is 0. The lowest BCUT2D eigenvalue weighted by molar-refractivity contribution is 0.504. The minimum atomic E-state index is -0.294. The molecule has 0 aliphatic heterocycles. The Hall–Kier alpha value is -1.74. The van der Waals surface area contributed by atoms with Gasteiger partial charge in [-0.3, -0.25) is 4.98 Å². The monoisotopic (exact) mass is 258 g/mol. The first kappa shape index (κ1) is 13.7. The Bertz CT molecular complexity index is 523. The number of hydrogen-bond acceptors (Lipinski definition) is 2. The van der Waals surface area contributed by atoms with Gasteiger partial charge in [0.1, 0.15) is 5.82 Å². The van der Waals surface area contributed by atoms with Crippen LogP contribution in [-0.4, -0.2) is 4.98 Å². The van der Waals surface area contributed by atoms with Crippen molar-refractivity contribution >= 4 is 0 Å². The van der Waals surface area contributed by atoms with Crippen molar-refractivity contribution < 1.29 is 4.39 Å². The molecule has 1 aromatic carbocycles. The first-order valence-electron chi connectivity index (χ1n) is 6.59. The van der Waals surface area contributed by atoms with Crippen LogP contribution in [0.4, 0.5) is 4.39 Å². The summed E-state index contributed by atoms with van der Waals surface area (Å²) < 4.78 is 12.9. The van der Waals surface area contributed by atoms with Gasteiger partial charge in [0.15, 0.2) is 0 Å². The molecule has 2 nitrogen and oxygen atoms in total. The molecule has 1 unspecified atom stereocenters. The SMILES string of the molecule is CCC(NCc1cccc(C)c1)c1ccc(F)cn1. The zero-order chi connectivity index (χ0) is 13.7. The van der Waals surface area contributed by atoms with Gasteiger partial charge >= 0.3 is 0 Å². The van der Waals surface area contributed by atoms with E-state index in [0.717, 1.165) is 18.7 Å². The predicted molar refractivity (Wildman–Crippen MR) is 75.2 cm³/mol. The molecule has 0 aliphatic rings. The summed E-state index contributed by atoms with van der Waals surface area (Å²) >= 11 is 0. The Morgan fingerprint density at radius 3 is 2.74 bits per heavy atom. The molecule has 19 heavy (non-hydrogen) atoms. The molecule has 0 saturated carbocycles. The van der Waals surface area contributed by atoms with E-state index in [2.05, 4.69) is 48.4 Å². The normalized spacial score (nSPS) is 12.4. The first-order valence-corrected chi connectivity index (χ1v) is 6.59. The molecule has 0 amide bonds. The van der Waals surface area contributed by atoms with Crippen LogP contribution in [0, 0.1) is 12.7 Å². The Balaban J connectivity index is 2.01. The number of aromatic nitrogens is 1. The fraction of sp³-hybridized carbons (Fsp3) is 0.312. The Kier molecular flexibility index (Phi) is 4.63. The molecule has 1 aromatic heterocycles. The van der Waals surface area contributed by atoms with Crippen LogP contribution in [0.3, 0.4) is 0 Å². The molecule has 0 fully saturated rings. The van der Waals surface area contributed by atoms with Crippen molar-refractivity contribution in [3.63, 3.8) is 0 Å². The molecule has 2 aromatic rings. The van der Waals surface area contributed by atoms with E-state index in [1.165, 1.54) is 23.4 Å². The van der Waals surface area contributed by atoms with Crippen LogP contribution in [-0.2, 0) is 6.54 Å². The van der Waals surface area contributed by atoms with Crippen molar-refractivity contribution in [3.05, 3.63) is 65.2 Å². The highest BCUT2D eigenvalue weighted by Gasteiger charge is 2.10. The quantitative estimate of drug-likeness (QED) is 0.883. The third-order valence-electron chi connectivity index (χ3n) is 3.15. The molecule has 3 heteroatoms. The summed E-state index contributed by atoms with van der Waals surface area (Å²) in [5.74, 6) is -0.294. The van der Waals surface area contributed by atoms with Gasteiger partial charge in [0.05, 0.1) is 11.9 Å². The number of hydrogen-bond donors (Lipinski definition) is 1. The second-order valence-electron chi connectivity index (χ2n) is 4.73. The van der Waals surface area contributed by atoms with Gasteiger partial charge in [0.2, 0.25) is 0 Å². The van der Waals surface area contributed by atoms with Gasteiger partial charge in [0.25, 0.3) is 0 Å². The second-order valence-corrected chi connectivity index (χ2v) is 4.73. The second kappa shape index (κ2) is 6.43. The van der Waals surface area contributed by atoms with Gasteiger partial charge in [-0.1, -0.05) is 36.8 Å². The maximum atomic E-state index is 12.9. The summed E-state index contributed by atoms with van der Waals surface area (Å²) in [6.45, 7) is 4.97. The van der Waals surface area contributed by atoms with Crippen molar-refractivity contribution in [2.75, 3.05) is 0 Å². The van der Waals surface area contributed by atoms with E-state index in [0.29, 0.717) is 0 Å². The summed E-state index contributed by atoms with van der Waals surface area (Å²) in [4.78, 5) is 4.14. The van der Waals surface area contributed by atoms with Crippen LogP contribution in [0.5, 0.6) is 0 Å². The molecular weight excluding hydrogens is 239 g/mol. The highest BCUT2D eigenvalue weighted by atomic mass is 19.1. The van der Waals surface area contributed by atoms with Crippen LogP contribution in [0.1, 0.15) is 36.2 Å². The highest BCUT2D eigenvalue weighted by molar-refractivity contribution is 5.22. The molecule has 100 valence electrons. The zero-order valence-electron chi connectivity index (χ0n) is 11.4. The molecule has 1 atom stereocenters. The maximum absolute atomic E-state index is 12.9. The topological polar surface area (TPSA) is 24.9 Å². The summed E-state index contributed by atoms with van der Waals surface area (Å²) in [5.41, 5.74) is 3.39. The van der Waals surface area contributed by atoms with Gasteiger partial charge < -0.3 is 5.32 Å². The van der Waals surface area contributed by atoms with E-state index in [9.17, 15) is 4.39 Å². The van der Waals surface area contributed by atoms with Gasteiger partial charge in [-0.15, -0.1) is 0 Å². The van der Waals surface area contributed by atoms with E-state index in [4.69, 9.17) is 0 Å². The van der Waals surface area contributed by atoms with E-state index in [1.807, 2.05) is 0 Å². The number of pyridine rings is 1. The number of halogens is 1. The zero-order valence-corrected chi connectivity index (χ0v) is 11.4. The average Bonchev–Trinajstić information content (AvgIpc) is 2.41. The summed E-state index contributed by atoms with van der Waals surface area (Å²) in [5, 5.41) is 3.46. The molecule has 0 spiro atoms. The first-order chi connectivity index (χ1) is 9.19. The van der Waals surface area contributed by atoms with Crippen LogP contribution >= 0.6 is 0 Å². The Labute approximate surface area is 113 Å². The average molecular weight is 258 g/mol. The summed E-state index contributed by atoms with van der Waals surface area (Å²) in [6.07, 6.45) is 2.19. The lowest BCUT2D eigenvalue weighted by Gasteiger charge is -2.16. The molecule has 0 saturated heterocycles. The standard InChI is InChI=1S/C16H19FN2/c1-3-15(16-8-7-14(17)11-19-16)18-10-13-6-4-5-12(2)9-13/h4-9,11,15,18H,3,10H2,1-2H3. The Morgan fingerprint density at radius 2 is 2.11 bits per heavy atom. The predicted octanol–water partition coefficient (Wildman–Crippen LogP) is 3.77. The van der Waals surface area contributed by atoms with Gasteiger partial charge in [-0.2, -0.15) is 0 Å².